The Hall–Kier alpha value is -0.950. The maximum Gasteiger partial charge on any atom is 0.475 e. The molecule has 0 radical (unpaired) electrons. The molecular formula is C6H11O8P. The highest BCUT2D eigenvalue weighted by atomic mass is 31.2. The van der Waals surface area contributed by atoms with E-state index in [0.717, 1.165) is 14.2 Å². The summed E-state index contributed by atoms with van der Waals surface area (Å²) in [5.74, 6) is -2.96. The summed E-state index contributed by atoms with van der Waals surface area (Å²) in [6, 6.07) is 0. The van der Waals surface area contributed by atoms with Crippen LogP contribution in [-0.2, 0) is 27.7 Å². The highest BCUT2D eigenvalue weighted by Gasteiger charge is 2.33. The quantitative estimate of drug-likeness (QED) is 0.613. The SMILES string of the molecule is COP(=O)(OC)OC(CC(=O)O)C(=O)O. The summed E-state index contributed by atoms with van der Waals surface area (Å²) < 4.78 is 24.4. The van der Waals surface area contributed by atoms with E-state index in [2.05, 4.69) is 13.6 Å². The number of aliphatic carboxylic acids is 2. The van der Waals surface area contributed by atoms with Crippen molar-refractivity contribution in [1.29, 1.82) is 0 Å². The average Bonchev–Trinajstić information content (AvgIpc) is 2.16. The van der Waals surface area contributed by atoms with Crippen LogP contribution in [0, 0.1) is 0 Å². The molecule has 2 N–H and O–H groups in total. The number of carboxylic acid groups (broad SMARTS) is 2. The van der Waals surface area contributed by atoms with Crippen molar-refractivity contribution in [1.82, 2.24) is 0 Å². The third-order valence-electron chi connectivity index (χ3n) is 1.34. The van der Waals surface area contributed by atoms with Crippen molar-refractivity contribution >= 4 is 19.8 Å². The van der Waals surface area contributed by atoms with Gasteiger partial charge in [-0.15, -0.1) is 0 Å². The van der Waals surface area contributed by atoms with Gasteiger partial charge in [0, 0.05) is 14.2 Å². The molecule has 0 spiro atoms. The Kier molecular flexibility index (Phi) is 5.45. The number of hydrogen-bond donors (Lipinski definition) is 2. The minimum absolute atomic E-state index is 0.841. The first kappa shape index (κ1) is 14.1. The summed E-state index contributed by atoms with van der Waals surface area (Å²) in [6.45, 7) is 0. The molecule has 0 bridgehead atoms. The molecular weight excluding hydrogens is 231 g/mol. The van der Waals surface area contributed by atoms with Crippen LogP contribution in [0.4, 0.5) is 0 Å². The zero-order chi connectivity index (χ0) is 12.1. The standard InChI is InChI=1S/C6H11O8P/c1-12-15(11,13-2)14-4(6(9)10)3-5(7)8/h4H,3H2,1-2H3,(H,7,8)(H,9,10). The second-order valence-electron chi connectivity index (χ2n) is 2.34. The van der Waals surface area contributed by atoms with Gasteiger partial charge in [0.25, 0.3) is 0 Å². The molecule has 1 atom stereocenters. The third-order valence-corrected chi connectivity index (χ3v) is 2.75. The molecule has 8 nitrogen and oxygen atoms in total. The zero-order valence-electron chi connectivity index (χ0n) is 8.08. The maximum absolute atomic E-state index is 11.3. The molecule has 0 aliphatic carbocycles. The van der Waals surface area contributed by atoms with Gasteiger partial charge in [0.15, 0.2) is 6.10 Å². The van der Waals surface area contributed by atoms with Gasteiger partial charge in [-0.3, -0.25) is 18.4 Å². The first-order valence-electron chi connectivity index (χ1n) is 3.69. The van der Waals surface area contributed by atoms with Crippen LogP contribution in [-0.4, -0.2) is 42.5 Å². The fourth-order valence-electron chi connectivity index (χ4n) is 0.645. The number of rotatable bonds is 7. The number of phosphoric acid groups is 1. The number of hydrogen-bond acceptors (Lipinski definition) is 6. The van der Waals surface area contributed by atoms with Crippen molar-refractivity contribution in [3.63, 3.8) is 0 Å². The van der Waals surface area contributed by atoms with Crippen molar-refractivity contribution in [3.05, 3.63) is 0 Å². The first-order valence-corrected chi connectivity index (χ1v) is 5.15. The second kappa shape index (κ2) is 5.82. The smallest absolute Gasteiger partial charge is 0.475 e. The Morgan fingerprint density at radius 1 is 1.27 bits per heavy atom. The normalized spacial score (nSPS) is 13.5. The number of phosphoric ester groups is 1. The van der Waals surface area contributed by atoms with Crippen LogP contribution in [0.3, 0.4) is 0 Å². The van der Waals surface area contributed by atoms with E-state index >= 15 is 0 Å². The molecule has 0 amide bonds. The van der Waals surface area contributed by atoms with Crippen LogP contribution >= 0.6 is 7.82 Å². The predicted molar refractivity (Wildman–Crippen MR) is 46.4 cm³/mol. The van der Waals surface area contributed by atoms with Crippen molar-refractivity contribution in [2.75, 3.05) is 14.2 Å². The van der Waals surface area contributed by atoms with Crippen LogP contribution in [0.2, 0.25) is 0 Å². The van der Waals surface area contributed by atoms with E-state index < -0.39 is 32.3 Å². The van der Waals surface area contributed by atoms with Gasteiger partial charge in [-0.25, -0.2) is 9.36 Å². The molecule has 9 heteroatoms. The van der Waals surface area contributed by atoms with Crippen LogP contribution in [0.5, 0.6) is 0 Å². The van der Waals surface area contributed by atoms with Crippen molar-refractivity contribution in [2.45, 2.75) is 12.5 Å². The molecule has 0 rings (SSSR count). The van der Waals surface area contributed by atoms with E-state index in [1.165, 1.54) is 0 Å². The second-order valence-corrected chi connectivity index (χ2v) is 4.18. The molecule has 88 valence electrons. The van der Waals surface area contributed by atoms with Crippen LogP contribution in [0.25, 0.3) is 0 Å². The lowest BCUT2D eigenvalue weighted by Crippen LogP contribution is -2.26. The average molecular weight is 242 g/mol. The van der Waals surface area contributed by atoms with Crippen molar-refractivity contribution in [2.24, 2.45) is 0 Å². The Bertz CT molecular complexity index is 279. The first-order chi connectivity index (χ1) is 6.84. The highest BCUT2D eigenvalue weighted by molar-refractivity contribution is 7.48. The lowest BCUT2D eigenvalue weighted by molar-refractivity contribution is -0.152. The summed E-state index contributed by atoms with van der Waals surface area (Å²) in [7, 11) is -2.01. The van der Waals surface area contributed by atoms with Gasteiger partial charge in [0.2, 0.25) is 0 Å². The molecule has 0 aromatic carbocycles. The minimum Gasteiger partial charge on any atom is -0.481 e. The predicted octanol–water partition coefficient (Wildman–Crippen LogP) is 0.332. The van der Waals surface area contributed by atoms with Crippen LogP contribution in [0.15, 0.2) is 0 Å². The molecule has 0 aliphatic rings. The van der Waals surface area contributed by atoms with Crippen LogP contribution in [0.1, 0.15) is 6.42 Å². The summed E-state index contributed by atoms with van der Waals surface area (Å²) >= 11 is 0. The molecule has 15 heavy (non-hydrogen) atoms. The van der Waals surface area contributed by atoms with E-state index in [-0.39, 0.29) is 0 Å². The molecule has 0 heterocycles. The number of carbonyl (C=O) groups is 2. The van der Waals surface area contributed by atoms with Crippen molar-refractivity contribution in [3.8, 4) is 0 Å². The van der Waals surface area contributed by atoms with Crippen molar-refractivity contribution < 1.29 is 37.9 Å². The largest absolute Gasteiger partial charge is 0.481 e. The molecule has 0 saturated carbocycles. The van der Waals surface area contributed by atoms with Gasteiger partial charge in [-0.1, -0.05) is 0 Å². The van der Waals surface area contributed by atoms with E-state index in [9.17, 15) is 14.2 Å². The molecule has 0 aromatic heterocycles. The Balaban J connectivity index is 4.60. The van der Waals surface area contributed by atoms with E-state index in [1.807, 2.05) is 0 Å². The van der Waals surface area contributed by atoms with Gasteiger partial charge < -0.3 is 10.2 Å². The van der Waals surface area contributed by atoms with Crippen LogP contribution < -0.4 is 0 Å². The van der Waals surface area contributed by atoms with E-state index in [0.29, 0.717) is 0 Å². The topological polar surface area (TPSA) is 119 Å². The highest BCUT2D eigenvalue weighted by Crippen LogP contribution is 2.49. The summed E-state index contributed by atoms with van der Waals surface area (Å²) in [6.07, 6.45) is -2.63. The summed E-state index contributed by atoms with van der Waals surface area (Å²) in [4.78, 5) is 20.8. The van der Waals surface area contributed by atoms with Gasteiger partial charge in [0.1, 0.15) is 0 Å². The molecule has 1 unspecified atom stereocenters. The third kappa shape index (κ3) is 4.89. The summed E-state index contributed by atoms with van der Waals surface area (Å²) in [5, 5.41) is 16.9. The molecule has 0 aromatic rings. The maximum atomic E-state index is 11.3. The Morgan fingerprint density at radius 3 is 2.00 bits per heavy atom. The van der Waals surface area contributed by atoms with Gasteiger partial charge in [-0.2, -0.15) is 0 Å². The molecule has 0 aliphatic heterocycles. The van der Waals surface area contributed by atoms with E-state index in [1.54, 1.807) is 0 Å². The minimum atomic E-state index is -3.99. The van der Waals surface area contributed by atoms with Gasteiger partial charge >= 0.3 is 19.8 Å². The fourth-order valence-corrected chi connectivity index (χ4v) is 1.44. The van der Waals surface area contributed by atoms with Gasteiger partial charge in [-0.05, 0) is 0 Å². The molecule has 0 saturated heterocycles. The Labute approximate surface area is 85.4 Å². The monoisotopic (exact) mass is 242 g/mol. The van der Waals surface area contributed by atoms with Gasteiger partial charge in [0.05, 0.1) is 6.42 Å². The zero-order valence-corrected chi connectivity index (χ0v) is 8.97. The Morgan fingerprint density at radius 2 is 1.73 bits per heavy atom. The lowest BCUT2D eigenvalue weighted by Gasteiger charge is -2.17. The number of carboxylic acids is 2. The van der Waals surface area contributed by atoms with E-state index in [4.69, 9.17) is 10.2 Å². The summed E-state index contributed by atoms with van der Waals surface area (Å²) in [5.41, 5.74) is 0. The fraction of sp³-hybridized carbons (Fsp3) is 0.667. The molecule has 0 fully saturated rings. The lowest BCUT2D eigenvalue weighted by atomic mass is 10.3.